The number of ketones is 1. The Labute approximate surface area is 109 Å². The van der Waals surface area contributed by atoms with Gasteiger partial charge in [0.05, 0.1) is 5.56 Å². The van der Waals surface area contributed by atoms with Gasteiger partial charge in [-0.05, 0) is 12.1 Å². The minimum absolute atomic E-state index is 0.108. The molecule has 0 saturated heterocycles. The van der Waals surface area contributed by atoms with Gasteiger partial charge in [0, 0.05) is 5.56 Å². The molecule has 2 aromatic rings. The van der Waals surface area contributed by atoms with E-state index in [1.807, 2.05) is 0 Å². The quantitative estimate of drug-likeness (QED) is 0.662. The summed E-state index contributed by atoms with van der Waals surface area (Å²) in [6.07, 6.45) is 0. The third-order valence-corrected chi connectivity index (χ3v) is 2.82. The third kappa shape index (κ3) is 3.51. The van der Waals surface area contributed by atoms with E-state index >= 15 is 0 Å². The molecule has 2 rings (SSSR count). The smallest absolute Gasteiger partial charge is 0.403 e. The summed E-state index contributed by atoms with van der Waals surface area (Å²) in [4.78, 5) is 29.9. The second-order valence-electron chi connectivity index (χ2n) is 3.77. The molecule has 2 aromatic carbocycles. The second-order valence-corrected chi connectivity index (χ2v) is 4.94. The molecule has 0 atom stereocenters. The Morgan fingerprint density at radius 3 is 2.16 bits per heavy atom. The molecule has 2 N–H and O–H groups in total. The molecule has 6 heteroatoms. The van der Waals surface area contributed by atoms with E-state index in [2.05, 4.69) is 4.52 Å². The lowest BCUT2D eigenvalue weighted by atomic mass is 10.0. The fourth-order valence-electron chi connectivity index (χ4n) is 1.61. The summed E-state index contributed by atoms with van der Waals surface area (Å²) < 4.78 is 15.4. The highest BCUT2D eigenvalue weighted by Gasteiger charge is 2.21. The highest BCUT2D eigenvalue weighted by atomic mass is 31.2. The highest BCUT2D eigenvalue weighted by molar-refractivity contribution is 7.46. The summed E-state index contributed by atoms with van der Waals surface area (Å²) in [7, 11) is -4.70. The molecule has 0 unspecified atom stereocenters. The summed E-state index contributed by atoms with van der Waals surface area (Å²) in [6, 6.07) is 14.4. The zero-order chi connectivity index (χ0) is 13.9. The first-order valence-corrected chi connectivity index (χ1v) is 6.94. The first kappa shape index (κ1) is 13.5. The Bertz CT molecular complexity index is 632. The van der Waals surface area contributed by atoms with Crippen molar-refractivity contribution >= 4 is 13.6 Å². The lowest BCUT2D eigenvalue weighted by Crippen LogP contribution is -2.04. The van der Waals surface area contributed by atoms with Gasteiger partial charge in [-0.15, -0.1) is 0 Å². The number of carbonyl (C=O) groups is 1. The summed E-state index contributed by atoms with van der Waals surface area (Å²) in [6.45, 7) is 0. The molecule has 0 aliphatic heterocycles. The monoisotopic (exact) mass is 278 g/mol. The Balaban J connectivity index is 2.40. The van der Waals surface area contributed by atoms with Crippen LogP contribution in [0.25, 0.3) is 0 Å². The van der Waals surface area contributed by atoms with Gasteiger partial charge in [0.25, 0.3) is 0 Å². The fraction of sp³-hybridized carbons (Fsp3) is 0. The van der Waals surface area contributed by atoms with Crippen molar-refractivity contribution in [3.05, 3.63) is 65.7 Å². The van der Waals surface area contributed by atoms with E-state index in [-0.39, 0.29) is 17.1 Å². The largest absolute Gasteiger partial charge is 0.524 e. The predicted octanol–water partition coefficient (Wildman–Crippen LogP) is 2.39. The summed E-state index contributed by atoms with van der Waals surface area (Å²) in [5.74, 6) is -0.491. The molecule has 0 heterocycles. The van der Waals surface area contributed by atoms with Gasteiger partial charge in [-0.25, -0.2) is 4.57 Å². The molecular weight excluding hydrogens is 267 g/mol. The van der Waals surface area contributed by atoms with E-state index < -0.39 is 7.82 Å². The molecule has 0 aromatic heterocycles. The zero-order valence-electron chi connectivity index (χ0n) is 9.76. The number of hydrogen-bond acceptors (Lipinski definition) is 3. The van der Waals surface area contributed by atoms with Gasteiger partial charge in [0.1, 0.15) is 5.75 Å². The van der Waals surface area contributed by atoms with E-state index in [0.717, 1.165) is 0 Å². The fourth-order valence-corrected chi connectivity index (χ4v) is 2.02. The molecule has 98 valence electrons. The van der Waals surface area contributed by atoms with Gasteiger partial charge in [-0.3, -0.25) is 14.6 Å². The van der Waals surface area contributed by atoms with Crippen molar-refractivity contribution < 1.29 is 23.7 Å². The van der Waals surface area contributed by atoms with E-state index in [1.165, 1.54) is 18.2 Å². The minimum Gasteiger partial charge on any atom is -0.403 e. The number of para-hydroxylation sites is 1. The Kier molecular flexibility index (Phi) is 3.81. The van der Waals surface area contributed by atoms with Crippen molar-refractivity contribution in [3.8, 4) is 5.75 Å². The van der Waals surface area contributed by atoms with Crippen molar-refractivity contribution in [1.82, 2.24) is 0 Å². The Hall–Kier alpha value is -1.94. The van der Waals surface area contributed by atoms with Crippen LogP contribution < -0.4 is 4.52 Å². The van der Waals surface area contributed by atoms with Gasteiger partial charge in [0.15, 0.2) is 5.78 Å². The Morgan fingerprint density at radius 1 is 0.947 bits per heavy atom. The van der Waals surface area contributed by atoms with Crippen LogP contribution in [-0.4, -0.2) is 15.6 Å². The summed E-state index contributed by atoms with van der Waals surface area (Å²) in [5.41, 5.74) is 0.529. The number of phosphoric ester groups is 1. The maximum atomic E-state index is 12.2. The van der Waals surface area contributed by atoms with E-state index in [0.29, 0.717) is 5.56 Å². The molecule has 19 heavy (non-hydrogen) atoms. The maximum absolute atomic E-state index is 12.2. The average molecular weight is 278 g/mol. The second kappa shape index (κ2) is 5.36. The standard InChI is InChI=1S/C13H11O5P/c14-13(10-6-2-1-3-7-10)11-8-4-5-9-12(11)18-19(15,16)17/h1-9H,(H2,15,16,17). The molecule has 0 amide bonds. The normalized spacial score (nSPS) is 11.1. The molecule has 0 saturated carbocycles. The van der Waals surface area contributed by atoms with Crippen LogP contribution in [0.15, 0.2) is 54.6 Å². The van der Waals surface area contributed by atoms with Crippen molar-refractivity contribution in [2.24, 2.45) is 0 Å². The number of benzene rings is 2. The molecule has 0 aliphatic rings. The van der Waals surface area contributed by atoms with Crippen LogP contribution in [0.2, 0.25) is 0 Å². The first-order chi connectivity index (χ1) is 8.97. The van der Waals surface area contributed by atoms with Crippen LogP contribution in [0.3, 0.4) is 0 Å². The summed E-state index contributed by atoms with van der Waals surface area (Å²) in [5, 5.41) is 0. The van der Waals surface area contributed by atoms with Crippen LogP contribution >= 0.6 is 7.82 Å². The van der Waals surface area contributed by atoms with Gasteiger partial charge in [0.2, 0.25) is 0 Å². The van der Waals surface area contributed by atoms with Crippen LogP contribution in [0.5, 0.6) is 5.75 Å². The van der Waals surface area contributed by atoms with E-state index in [9.17, 15) is 9.36 Å². The topological polar surface area (TPSA) is 83.8 Å². The van der Waals surface area contributed by atoms with Gasteiger partial charge >= 0.3 is 7.82 Å². The number of phosphoric acid groups is 1. The van der Waals surface area contributed by atoms with Crippen LogP contribution in [0.1, 0.15) is 15.9 Å². The van der Waals surface area contributed by atoms with Gasteiger partial charge in [-0.1, -0.05) is 42.5 Å². The van der Waals surface area contributed by atoms with E-state index in [4.69, 9.17) is 9.79 Å². The maximum Gasteiger partial charge on any atom is 0.524 e. The summed E-state index contributed by atoms with van der Waals surface area (Å²) >= 11 is 0. The lowest BCUT2D eigenvalue weighted by molar-refractivity contribution is 0.103. The van der Waals surface area contributed by atoms with Crippen LogP contribution in [0.4, 0.5) is 0 Å². The number of rotatable bonds is 4. The van der Waals surface area contributed by atoms with Crippen molar-refractivity contribution in [3.63, 3.8) is 0 Å². The van der Waals surface area contributed by atoms with Crippen LogP contribution in [0, 0.1) is 0 Å². The van der Waals surface area contributed by atoms with Gasteiger partial charge < -0.3 is 4.52 Å². The molecule has 0 spiro atoms. The third-order valence-electron chi connectivity index (χ3n) is 2.38. The first-order valence-electron chi connectivity index (χ1n) is 5.41. The molecule has 5 nitrogen and oxygen atoms in total. The highest BCUT2D eigenvalue weighted by Crippen LogP contribution is 2.39. The molecule has 0 fully saturated rings. The average Bonchev–Trinajstić information content (AvgIpc) is 2.38. The molecular formula is C13H11O5P. The predicted molar refractivity (Wildman–Crippen MR) is 69.0 cm³/mol. The number of carbonyl (C=O) groups excluding carboxylic acids is 1. The van der Waals surface area contributed by atoms with Crippen molar-refractivity contribution in [1.29, 1.82) is 0 Å². The Morgan fingerprint density at radius 2 is 1.53 bits per heavy atom. The SMILES string of the molecule is O=C(c1ccccc1)c1ccccc1OP(=O)(O)O. The number of hydrogen-bond donors (Lipinski definition) is 2. The lowest BCUT2D eigenvalue weighted by Gasteiger charge is -2.10. The molecule has 0 aliphatic carbocycles. The van der Waals surface area contributed by atoms with Crippen molar-refractivity contribution in [2.45, 2.75) is 0 Å². The van der Waals surface area contributed by atoms with Crippen molar-refractivity contribution in [2.75, 3.05) is 0 Å². The molecule has 0 radical (unpaired) electrons. The zero-order valence-corrected chi connectivity index (χ0v) is 10.7. The minimum atomic E-state index is -4.70. The van der Waals surface area contributed by atoms with Gasteiger partial charge in [-0.2, -0.15) is 0 Å². The van der Waals surface area contributed by atoms with Crippen LogP contribution in [-0.2, 0) is 4.57 Å². The van der Waals surface area contributed by atoms with E-state index in [1.54, 1.807) is 36.4 Å². The molecule has 0 bridgehead atoms.